The monoisotopic (exact) mass is 269 g/mol. The number of benzene rings is 1. The number of aryl methyl sites for hydroxylation is 1. The molecule has 0 atom stereocenters. The predicted octanol–water partition coefficient (Wildman–Crippen LogP) is 1.85. The topological polar surface area (TPSA) is 81.2 Å². The van der Waals surface area contributed by atoms with Gasteiger partial charge >= 0.3 is 0 Å². The minimum atomic E-state index is -0.286. The number of nitrogens with two attached hydrogens (primary N) is 1. The summed E-state index contributed by atoms with van der Waals surface area (Å²) in [6.45, 7) is 3.90. The molecule has 0 aliphatic rings. The summed E-state index contributed by atoms with van der Waals surface area (Å²) in [4.78, 5) is 12.3. The van der Waals surface area contributed by atoms with Gasteiger partial charge in [-0.1, -0.05) is 29.1 Å². The Morgan fingerprint density at radius 1 is 1.40 bits per heavy atom. The molecule has 5 nitrogen and oxygen atoms in total. The lowest BCUT2D eigenvalue weighted by Crippen LogP contribution is -2.13. The average Bonchev–Trinajstić information content (AvgIpc) is 2.77. The van der Waals surface area contributed by atoms with Gasteiger partial charge < -0.3 is 10.3 Å². The van der Waals surface area contributed by atoms with Gasteiger partial charge in [0.15, 0.2) is 0 Å². The van der Waals surface area contributed by atoms with Crippen molar-refractivity contribution in [2.45, 2.75) is 13.8 Å². The second-order valence-electron chi connectivity index (χ2n) is 4.23. The predicted molar refractivity (Wildman–Crippen MR) is 76.3 cm³/mol. The van der Waals surface area contributed by atoms with Crippen LogP contribution in [0.3, 0.4) is 0 Å². The van der Waals surface area contributed by atoms with Gasteiger partial charge in [-0.25, -0.2) is 0 Å². The fourth-order valence-corrected chi connectivity index (χ4v) is 1.64. The van der Waals surface area contributed by atoms with Crippen LogP contribution in [0.1, 0.15) is 27.2 Å². The Labute approximate surface area is 117 Å². The Kier molecular flexibility index (Phi) is 4.18. The minimum Gasteiger partial charge on any atom is -0.338 e. The van der Waals surface area contributed by atoms with Gasteiger partial charge in [0, 0.05) is 11.1 Å². The third-order valence-corrected chi connectivity index (χ3v) is 2.88. The molecule has 102 valence electrons. The number of nitrogens with one attached hydrogen (secondary N) is 1. The van der Waals surface area contributed by atoms with Crippen LogP contribution in [0, 0.1) is 25.7 Å². The zero-order chi connectivity index (χ0) is 14.5. The first-order valence-electron chi connectivity index (χ1n) is 6.15. The van der Waals surface area contributed by atoms with Crippen LogP contribution in [0.25, 0.3) is 0 Å². The fourth-order valence-electron chi connectivity index (χ4n) is 1.64. The summed E-state index contributed by atoms with van der Waals surface area (Å²) in [5.41, 5.74) is 8.01. The molecule has 2 rings (SSSR count). The van der Waals surface area contributed by atoms with Gasteiger partial charge in [-0.2, -0.15) is 0 Å². The van der Waals surface area contributed by atoms with Crippen molar-refractivity contribution < 1.29 is 9.32 Å². The van der Waals surface area contributed by atoms with Crippen molar-refractivity contribution in [2.75, 3.05) is 11.9 Å². The van der Waals surface area contributed by atoms with Crippen LogP contribution < -0.4 is 11.1 Å². The summed E-state index contributed by atoms with van der Waals surface area (Å²) in [5.74, 6) is 5.69. The molecule has 0 saturated carbocycles. The molecule has 0 spiro atoms. The zero-order valence-electron chi connectivity index (χ0n) is 11.4. The van der Waals surface area contributed by atoms with Gasteiger partial charge in [-0.3, -0.25) is 10.1 Å². The van der Waals surface area contributed by atoms with Crippen LogP contribution in [0.15, 0.2) is 28.8 Å². The first-order valence-corrected chi connectivity index (χ1v) is 6.15. The number of carbonyl (C=O) groups excluding carboxylic acids is 1. The highest BCUT2D eigenvalue weighted by Crippen LogP contribution is 2.19. The minimum absolute atomic E-state index is 0.246. The van der Waals surface area contributed by atoms with E-state index in [0.29, 0.717) is 17.0 Å². The van der Waals surface area contributed by atoms with Gasteiger partial charge in [0.25, 0.3) is 5.91 Å². The summed E-state index contributed by atoms with van der Waals surface area (Å²) in [6, 6.07) is 7.08. The number of anilines is 1. The average molecular weight is 269 g/mol. The maximum atomic E-state index is 12.3. The van der Waals surface area contributed by atoms with Crippen molar-refractivity contribution in [1.29, 1.82) is 0 Å². The standard InChI is InChI=1S/C15H15N3O2/c1-10-11(2)18-20-15(10)17-14(19)13-8-4-3-6-12(13)7-5-9-16/h3-4,6,8H,9,16H2,1-2H3,(H,17,19). The summed E-state index contributed by atoms with van der Waals surface area (Å²) in [7, 11) is 0. The van der Waals surface area contributed by atoms with Crippen molar-refractivity contribution in [3.8, 4) is 11.8 Å². The highest BCUT2D eigenvalue weighted by molar-refractivity contribution is 6.05. The fraction of sp³-hybridized carbons (Fsp3) is 0.200. The van der Waals surface area contributed by atoms with Crippen LogP contribution in [-0.4, -0.2) is 17.6 Å². The summed E-state index contributed by atoms with van der Waals surface area (Å²) >= 11 is 0. The van der Waals surface area contributed by atoms with E-state index in [2.05, 4.69) is 22.3 Å². The van der Waals surface area contributed by atoms with Crippen LogP contribution in [0.2, 0.25) is 0 Å². The molecule has 1 heterocycles. The van der Waals surface area contributed by atoms with E-state index in [1.807, 2.05) is 19.9 Å². The molecule has 5 heteroatoms. The van der Waals surface area contributed by atoms with Crippen molar-refractivity contribution in [1.82, 2.24) is 5.16 Å². The summed E-state index contributed by atoms with van der Waals surface area (Å²) in [6.07, 6.45) is 0. The number of rotatable bonds is 2. The lowest BCUT2D eigenvalue weighted by atomic mass is 10.1. The smallest absolute Gasteiger partial charge is 0.259 e. The molecule has 1 aromatic heterocycles. The van der Waals surface area contributed by atoms with Gasteiger partial charge in [0.2, 0.25) is 5.88 Å². The Hall–Kier alpha value is -2.58. The van der Waals surface area contributed by atoms with E-state index >= 15 is 0 Å². The third kappa shape index (κ3) is 2.87. The third-order valence-electron chi connectivity index (χ3n) is 2.88. The largest absolute Gasteiger partial charge is 0.338 e. The van der Waals surface area contributed by atoms with Gasteiger partial charge in [0.1, 0.15) is 0 Å². The SMILES string of the molecule is Cc1noc(NC(=O)c2ccccc2C#CCN)c1C. The highest BCUT2D eigenvalue weighted by atomic mass is 16.5. The van der Waals surface area contributed by atoms with E-state index in [1.165, 1.54) is 0 Å². The molecular weight excluding hydrogens is 254 g/mol. The molecular formula is C15H15N3O2. The number of hydrogen-bond acceptors (Lipinski definition) is 4. The highest BCUT2D eigenvalue weighted by Gasteiger charge is 2.15. The molecule has 0 aliphatic heterocycles. The molecule has 0 radical (unpaired) electrons. The van der Waals surface area contributed by atoms with Gasteiger partial charge in [0.05, 0.1) is 17.8 Å². The maximum Gasteiger partial charge on any atom is 0.259 e. The van der Waals surface area contributed by atoms with Crippen LogP contribution in [-0.2, 0) is 0 Å². The van der Waals surface area contributed by atoms with Crippen LogP contribution in [0.5, 0.6) is 0 Å². The molecule has 0 bridgehead atoms. The molecule has 0 unspecified atom stereocenters. The zero-order valence-corrected chi connectivity index (χ0v) is 11.4. The van der Waals surface area contributed by atoms with E-state index in [9.17, 15) is 4.79 Å². The number of aromatic nitrogens is 1. The Morgan fingerprint density at radius 2 is 2.15 bits per heavy atom. The van der Waals surface area contributed by atoms with Crippen molar-refractivity contribution >= 4 is 11.8 Å². The van der Waals surface area contributed by atoms with Crippen molar-refractivity contribution in [2.24, 2.45) is 5.73 Å². The lowest BCUT2D eigenvalue weighted by Gasteiger charge is -2.04. The van der Waals surface area contributed by atoms with Crippen molar-refractivity contribution in [3.05, 3.63) is 46.6 Å². The van der Waals surface area contributed by atoms with Gasteiger partial charge in [-0.15, -0.1) is 0 Å². The van der Waals surface area contributed by atoms with Crippen molar-refractivity contribution in [3.63, 3.8) is 0 Å². The van der Waals surface area contributed by atoms with E-state index in [-0.39, 0.29) is 12.5 Å². The number of carbonyl (C=O) groups is 1. The summed E-state index contributed by atoms with van der Waals surface area (Å²) in [5, 5.41) is 6.50. The number of amides is 1. The Morgan fingerprint density at radius 3 is 2.80 bits per heavy atom. The quantitative estimate of drug-likeness (QED) is 0.815. The maximum absolute atomic E-state index is 12.3. The lowest BCUT2D eigenvalue weighted by molar-refractivity contribution is 0.102. The molecule has 3 N–H and O–H groups in total. The molecule has 1 aromatic carbocycles. The Bertz CT molecular complexity index is 693. The van der Waals surface area contributed by atoms with E-state index < -0.39 is 0 Å². The second kappa shape index (κ2) is 6.04. The molecule has 0 aliphatic carbocycles. The molecule has 0 saturated heterocycles. The summed E-state index contributed by atoms with van der Waals surface area (Å²) < 4.78 is 5.07. The van der Waals surface area contributed by atoms with E-state index in [4.69, 9.17) is 10.3 Å². The van der Waals surface area contributed by atoms with E-state index in [0.717, 1.165) is 11.3 Å². The second-order valence-corrected chi connectivity index (χ2v) is 4.23. The molecule has 0 fully saturated rings. The number of hydrogen-bond donors (Lipinski definition) is 2. The first kappa shape index (κ1) is 13.8. The van der Waals surface area contributed by atoms with Gasteiger partial charge in [-0.05, 0) is 26.0 Å². The Balaban J connectivity index is 2.28. The molecule has 1 amide bonds. The first-order chi connectivity index (χ1) is 9.63. The van der Waals surface area contributed by atoms with E-state index in [1.54, 1.807) is 18.2 Å². The molecule has 20 heavy (non-hydrogen) atoms. The number of nitrogens with zero attached hydrogens (tertiary/aromatic N) is 1. The van der Waals surface area contributed by atoms with Crippen LogP contribution in [0.4, 0.5) is 5.88 Å². The normalized spacial score (nSPS) is 9.75. The van der Waals surface area contributed by atoms with Crippen LogP contribution >= 0.6 is 0 Å². The molecule has 2 aromatic rings.